The minimum absolute atomic E-state index is 0. The van der Waals surface area contributed by atoms with E-state index in [2.05, 4.69) is 26.6 Å². The predicted octanol–water partition coefficient (Wildman–Crippen LogP) is 2.35. The van der Waals surface area contributed by atoms with Gasteiger partial charge in [0.2, 0.25) is 20.0 Å². The maximum absolute atomic E-state index is 12.9. The third-order valence-corrected chi connectivity index (χ3v) is 8.35. The number of halogens is 1. The second-order valence-corrected chi connectivity index (χ2v) is 13.8. The predicted molar refractivity (Wildman–Crippen MR) is 149 cm³/mol. The Hall–Kier alpha value is -2.38. The van der Waals surface area contributed by atoms with Crippen LogP contribution in [0.4, 0.5) is 11.4 Å². The maximum atomic E-state index is 12.9. The van der Waals surface area contributed by atoms with Gasteiger partial charge in [0.05, 0.1) is 30.2 Å². The Morgan fingerprint density at radius 2 is 1.71 bits per heavy atom. The number of sulfonamides is 2. The molecule has 0 amide bonds. The number of piperidine rings is 1. The Labute approximate surface area is 230 Å². The molecule has 0 bridgehead atoms. The molecule has 3 aliphatic rings. The Bertz CT molecular complexity index is 1440. The number of benzene rings is 2. The largest absolute Gasteiger partial charge is 0.486 e. The number of hydrazine groups is 1. The van der Waals surface area contributed by atoms with Crippen LogP contribution in [0.3, 0.4) is 0 Å². The summed E-state index contributed by atoms with van der Waals surface area (Å²) in [5.74, 6) is 0.491. The van der Waals surface area contributed by atoms with Gasteiger partial charge in [-0.15, -0.1) is 17.2 Å². The molecule has 3 aliphatic heterocycles. The first kappa shape index (κ1) is 28.6. The van der Waals surface area contributed by atoms with Gasteiger partial charge in [-0.3, -0.25) is 14.5 Å². The van der Waals surface area contributed by atoms with Crippen molar-refractivity contribution in [2.75, 3.05) is 48.4 Å². The molecule has 1 saturated heterocycles. The van der Waals surface area contributed by atoms with Gasteiger partial charge in [0.15, 0.2) is 5.78 Å². The SMILES string of the molecule is CS(=O)(=O)Nc1ccc2c(c1)C(=O)CC1(CCN(CCc3ccc4c(c3)CCN4NS(C)(=O)=O)CC1)O2.Cl. The Kier molecular flexibility index (Phi) is 8.02. The molecule has 0 saturated carbocycles. The Morgan fingerprint density at radius 1 is 0.974 bits per heavy atom. The molecule has 5 rings (SSSR count). The van der Waals surface area contributed by atoms with Gasteiger partial charge in [-0.25, -0.2) is 16.8 Å². The van der Waals surface area contributed by atoms with E-state index in [9.17, 15) is 21.6 Å². The minimum Gasteiger partial charge on any atom is -0.486 e. The van der Waals surface area contributed by atoms with E-state index in [4.69, 9.17) is 4.74 Å². The van der Waals surface area contributed by atoms with Gasteiger partial charge in [0.25, 0.3) is 0 Å². The first-order valence-electron chi connectivity index (χ1n) is 12.3. The molecule has 2 aromatic carbocycles. The summed E-state index contributed by atoms with van der Waals surface area (Å²) in [7, 11) is -6.74. The van der Waals surface area contributed by atoms with Crippen LogP contribution >= 0.6 is 12.4 Å². The van der Waals surface area contributed by atoms with Crippen molar-refractivity contribution in [1.82, 2.24) is 9.73 Å². The number of Topliss-reactive ketones (excluding diaryl/α,β-unsaturated/α-hetero) is 1. The van der Waals surface area contributed by atoms with Crippen molar-refractivity contribution < 1.29 is 26.4 Å². The van der Waals surface area contributed by atoms with E-state index >= 15 is 0 Å². The van der Waals surface area contributed by atoms with E-state index in [1.165, 1.54) is 5.56 Å². The molecule has 0 unspecified atom stereocenters. The number of likely N-dealkylation sites (tertiary alicyclic amines) is 1. The van der Waals surface area contributed by atoms with Gasteiger partial charge < -0.3 is 9.64 Å². The maximum Gasteiger partial charge on any atom is 0.229 e. The lowest BCUT2D eigenvalue weighted by molar-refractivity contribution is -0.00865. The summed E-state index contributed by atoms with van der Waals surface area (Å²) in [5.41, 5.74) is 3.53. The highest BCUT2D eigenvalue weighted by molar-refractivity contribution is 7.92. The molecule has 1 spiro atoms. The number of nitrogens with zero attached hydrogens (tertiary/aromatic N) is 2. The number of hydrogen-bond acceptors (Lipinski definition) is 8. The van der Waals surface area contributed by atoms with Crippen molar-refractivity contribution in [3.8, 4) is 5.75 Å². The van der Waals surface area contributed by atoms with Crippen molar-refractivity contribution in [1.29, 1.82) is 0 Å². The number of ketones is 1. The zero-order chi connectivity index (χ0) is 26.4. The van der Waals surface area contributed by atoms with Gasteiger partial charge in [-0.2, -0.15) is 0 Å². The number of nitrogens with one attached hydrogen (secondary N) is 2. The van der Waals surface area contributed by atoms with Crippen LogP contribution in [0, 0.1) is 0 Å². The van der Waals surface area contributed by atoms with Gasteiger partial charge in [0.1, 0.15) is 11.4 Å². The lowest BCUT2D eigenvalue weighted by Gasteiger charge is -2.44. The summed E-state index contributed by atoms with van der Waals surface area (Å²) in [6.45, 7) is 3.17. The number of ether oxygens (including phenoxy) is 1. The van der Waals surface area contributed by atoms with E-state index in [1.807, 2.05) is 6.07 Å². The highest BCUT2D eigenvalue weighted by Crippen LogP contribution is 2.40. The van der Waals surface area contributed by atoms with Crippen LogP contribution in [-0.4, -0.2) is 71.8 Å². The van der Waals surface area contributed by atoms with Crippen LogP contribution < -0.4 is 19.3 Å². The van der Waals surface area contributed by atoms with Crippen LogP contribution in [0.5, 0.6) is 5.75 Å². The quantitative estimate of drug-likeness (QED) is 0.508. The molecule has 10 nitrogen and oxygen atoms in total. The lowest BCUT2D eigenvalue weighted by atomic mass is 9.82. The van der Waals surface area contributed by atoms with Crippen LogP contribution in [0.15, 0.2) is 36.4 Å². The van der Waals surface area contributed by atoms with Gasteiger partial charge >= 0.3 is 0 Å². The molecule has 38 heavy (non-hydrogen) atoms. The zero-order valence-corrected chi connectivity index (χ0v) is 23.8. The number of carbonyl (C=O) groups is 1. The first-order chi connectivity index (χ1) is 17.4. The zero-order valence-electron chi connectivity index (χ0n) is 21.4. The summed E-state index contributed by atoms with van der Waals surface area (Å²) in [4.78, 5) is 17.9. The van der Waals surface area contributed by atoms with Crippen molar-refractivity contribution >= 4 is 49.6 Å². The Morgan fingerprint density at radius 3 is 2.39 bits per heavy atom. The van der Waals surface area contributed by atoms with Crippen molar-refractivity contribution in [3.05, 3.63) is 53.1 Å². The normalized spacial score (nSPS) is 18.9. The van der Waals surface area contributed by atoms with Gasteiger partial charge in [0, 0.05) is 44.7 Å². The van der Waals surface area contributed by atoms with Crippen LogP contribution in [0.2, 0.25) is 0 Å². The summed E-state index contributed by atoms with van der Waals surface area (Å²) in [6.07, 6.45) is 5.71. The van der Waals surface area contributed by atoms with E-state index in [-0.39, 0.29) is 18.2 Å². The standard InChI is InChI=1S/C25H32N4O6S2.ClH/c1-36(31,32)26-20-4-6-24-21(16-20)23(30)17-25(35-24)9-13-28(14-10-25)11-7-18-3-5-22-19(15-18)8-12-29(22)27-37(2,33)34;/h3-6,15-16,26-27H,7-14,17H2,1-2H3;1H. The highest BCUT2D eigenvalue weighted by atomic mass is 35.5. The molecule has 0 atom stereocenters. The number of rotatable bonds is 7. The van der Waals surface area contributed by atoms with Crippen LogP contribution in [-0.2, 0) is 32.9 Å². The summed E-state index contributed by atoms with van der Waals surface area (Å²) in [5, 5.41) is 1.69. The molecular weight excluding hydrogens is 552 g/mol. The van der Waals surface area contributed by atoms with Gasteiger partial charge in [-0.05, 0) is 48.2 Å². The highest BCUT2D eigenvalue weighted by Gasteiger charge is 2.43. The molecule has 1 fully saturated rings. The summed E-state index contributed by atoms with van der Waals surface area (Å²) < 4.78 is 55.0. The number of carbonyl (C=O) groups excluding carboxylic acids is 1. The number of hydrogen-bond donors (Lipinski definition) is 2. The fourth-order valence-electron chi connectivity index (χ4n) is 5.43. The number of fused-ring (bicyclic) bond motifs is 2. The molecule has 208 valence electrons. The minimum atomic E-state index is -3.43. The van der Waals surface area contributed by atoms with E-state index < -0.39 is 25.6 Å². The van der Waals surface area contributed by atoms with E-state index in [1.54, 1.807) is 23.2 Å². The first-order valence-corrected chi connectivity index (χ1v) is 16.1. The van der Waals surface area contributed by atoms with E-state index in [0.717, 1.165) is 69.1 Å². The smallest absolute Gasteiger partial charge is 0.229 e. The Balaban J connectivity index is 0.00000336. The summed E-state index contributed by atoms with van der Waals surface area (Å²) >= 11 is 0. The van der Waals surface area contributed by atoms with Crippen molar-refractivity contribution in [3.63, 3.8) is 0 Å². The average molecular weight is 585 g/mol. The third-order valence-electron chi connectivity index (χ3n) is 7.19. The second kappa shape index (κ2) is 10.6. The molecule has 13 heteroatoms. The fourth-order valence-corrected chi connectivity index (χ4v) is 6.57. The summed E-state index contributed by atoms with van der Waals surface area (Å²) in [6, 6.07) is 11.0. The van der Waals surface area contributed by atoms with Crippen LogP contribution in [0.1, 0.15) is 40.7 Å². The lowest BCUT2D eigenvalue weighted by Crippen LogP contribution is -2.51. The van der Waals surface area contributed by atoms with Gasteiger partial charge in [-0.1, -0.05) is 12.1 Å². The molecule has 0 radical (unpaired) electrons. The second-order valence-electron chi connectivity index (χ2n) is 10.3. The molecule has 2 N–H and O–H groups in total. The molecule has 2 aromatic rings. The average Bonchev–Trinajstić information content (AvgIpc) is 3.19. The monoisotopic (exact) mass is 584 g/mol. The topological polar surface area (TPSA) is 125 Å². The molecular formula is C25H33ClN4O6S2. The fraction of sp³-hybridized carbons (Fsp3) is 0.480. The molecule has 0 aliphatic carbocycles. The number of anilines is 2. The molecule has 3 heterocycles. The van der Waals surface area contributed by atoms with Crippen molar-refractivity contribution in [2.45, 2.75) is 37.7 Å². The third kappa shape index (κ3) is 6.60. The molecule has 0 aromatic heterocycles. The van der Waals surface area contributed by atoms with Crippen molar-refractivity contribution in [2.24, 2.45) is 0 Å². The van der Waals surface area contributed by atoms with E-state index in [0.29, 0.717) is 30.0 Å². The van der Waals surface area contributed by atoms with Crippen LogP contribution in [0.25, 0.3) is 0 Å².